The first kappa shape index (κ1) is 12.5. The summed E-state index contributed by atoms with van der Waals surface area (Å²) in [5.74, 6) is 0.00275. The standard InChI is InChI=1S/C12H11ClO3/c1-8(12(13)15)7-10-5-3-4-6-11(10)16-9(2)14/h3-7H,1-2H3/b8-7+. The van der Waals surface area contributed by atoms with Crippen LogP contribution < -0.4 is 4.74 Å². The first-order valence-corrected chi connectivity index (χ1v) is 5.04. The summed E-state index contributed by atoms with van der Waals surface area (Å²) in [6.07, 6.45) is 1.58. The van der Waals surface area contributed by atoms with E-state index in [1.807, 2.05) is 0 Å². The van der Waals surface area contributed by atoms with E-state index >= 15 is 0 Å². The van der Waals surface area contributed by atoms with Gasteiger partial charge in [-0.2, -0.15) is 0 Å². The maximum atomic E-state index is 10.9. The van der Waals surface area contributed by atoms with Gasteiger partial charge in [-0.05, 0) is 30.7 Å². The van der Waals surface area contributed by atoms with Gasteiger partial charge in [0.1, 0.15) is 5.75 Å². The van der Waals surface area contributed by atoms with Crippen molar-refractivity contribution < 1.29 is 14.3 Å². The van der Waals surface area contributed by atoms with Crippen LogP contribution in [-0.4, -0.2) is 11.2 Å². The monoisotopic (exact) mass is 238 g/mol. The second-order valence-electron chi connectivity index (χ2n) is 3.23. The van der Waals surface area contributed by atoms with Crippen LogP contribution >= 0.6 is 11.6 Å². The molecule has 0 bridgehead atoms. The Balaban J connectivity index is 3.08. The Kier molecular flexibility index (Phi) is 4.26. The van der Waals surface area contributed by atoms with E-state index in [1.165, 1.54) is 6.92 Å². The molecule has 0 saturated heterocycles. The summed E-state index contributed by atoms with van der Waals surface area (Å²) in [6, 6.07) is 6.92. The Hall–Kier alpha value is -1.61. The van der Waals surface area contributed by atoms with Gasteiger partial charge in [-0.25, -0.2) is 0 Å². The van der Waals surface area contributed by atoms with E-state index in [-0.39, 0.29) is 0 Å². The molecule has 84 valence electrons. The van der Waals surface area contributed by atoms with Gasteiger partial charge < -0.3 is 4.74 Å². The first-order chi connectivity index (χ1) is 7.50. The van der Waals surface area contributed by atoms with Gasteiger partial charge in [0, 0.05) is 18.1 Å². The summed E-state index contributed by atoms with van der Waals surface area (Å²) < 4.78 is 4.99. The van der Waals surface area contributed by atoms with Crippen molar-refractivity contribution in [3.8, 4) is 5.75 Å². The van der Waals surface area contributed by atoms with Crippen molar-refractivity contribution in [1.82, 2.24) is 0 Å². The van der Waals surface area contributed by atoms with Gasteiger partial charge >= 0.3 is 5.97 Å². The van der Waals surface area contributed by atoms with Crippen LogP contribution in [0.4, 0.5) is 0 Å². The molecular weight excluding hydrogens is 228 g/mol. The van der Waals surface area contributed by atoms with E-state index in [9.17, 15) is 9.59 Å². The Morgan fingerprint density at radius 2 is 1.88 bits per heavy atom. The second-order valence-corrected chi connectivity index (χ2v) is 3.58. The number of hydrogen-bond donors (Lipinski definition) is 0. The topological polar surface area (TPSA) is 43.4 Å². The number of esters is 1. The lowest BCUT2D eigenvalue weighted by atomic mass is 10.1. The molecule has 0 aliphatic carbocycles. The van der Waals surface area contributed by atoms with Crippen LogP contribution in [0.2, 0.25) is 0 Å². The van der Waals surface area contributed by atoms with Gasteiger partial charge in [0.15, 0.2) is 0 Å². The average molecular weight is 239 g/mol. The Morgan fingerprint density at radius 1 is 1.25 bits per heavy atom. The smallest absolute Gasteiger partial charge is 0.308 e. The molecule has 0 atom stereocenters. The number of halogens is 1. The molecule has 4 heteroatoms. The van der Waals surface area contributed by atoms with Gasteiger partial charge in [0.2, 0.25) is 5.24 Å². The predicted molar refractivity (Wildman–Crippen MR) is 62.3 cm³/mol. The van der Waals surface area contributed by atoms with Crippen LogP contribution in [0.1, 0.15) is 19.4 Å². The molecule has 0 unspecified atom stereocenters. The zero-order valence-electron chi connectivity index (χ0n) is 8.99. The molecule has 0 saturated carbocycles. The van der Waals surface area contributed by atoms with Crippen molar-refractivity contribution in [2.75, 3.05) is 0 Å². The number of para-hydroxylation sites is 1. The Bertz CT molecular complexity index is 449. The van der Waals surface area contributed by atoms with Crippen molar-refractivity contribution in [1.29, 1.82) is 0 Å². The number of rotatable bonds is 3. The summed E-state index contributed by atoms with van der Waals surface area (Å²) in [5, 5.41) is -0.530. The first-order valence-electron chi connectivity index (χ1n) is 4.66. The third kappa shape index (κ3) is 3.51. The minimum absolute atomic E-state index is 0.390. The highest BCUT2D eigenvalue weighted by Crippen LogP contribution is 2.21. The minimum atomic E-state index is -0.530. The Morgan fingerprint density at radius 3 is 2.44 bits per heavy atom. The highest BCUT2D eigenvalue weighted by molar-refractivity contribution is 6.68. The summed E-state index contributed by atoms with van der Waals surface area (Å²) in [5.41, 5.74) is 1.03. The van der Waals surface area contributed by atoms with Crippen LogP contribution in [0.25, 0.3) is 6.08 Å². The number of allylic oxidation sites excluding steroid dienone is 1. The number of hydrogen-bond acceptors (Lipinski definition) is 3. The summed E-state index contributed by atoms with van der Waals surface area (Å²) in [4.78, 5) is 21.7. The highest BCUT2D eigenvalue weighted by atomic mass is 35.5. The molecule has 0 aromatic heterocycles. The quantitative estimate of drug-likeness (QED) is 0.352. The van der Waals surface area contributed by atoms with Crippen LogP contribution in [-0.2, 0) is 9.59 Å². The van der Waals surface area contributed by atoms with E-state index in [2.05, 4.69) is 0 Å². The van der Waals surface area contributed by atoms with Gasteiger partial charge in [0.25, 0.3) is 0 Å². The third-order valence-corrected chi connectivity index (χ3v) is 2.15. The zero-order chi connectivity index (χ0) is 12.1. The average Bonchev–Trinajstić information content (AvgIpc) is 2.20. The SMILES string of the molecule is CC(=O)Oc1ccccc1/C=C(\C)C(=O)Cl. The molecule has 16 heavy (non-hydrogen) atoms. The van der Waals surface area contributed by atoms with Crippen LogP contribution in [0, 0.1) is 0 Å². The maximum absolute atomic E-state index is 10.9. The van der Waals surface area contributed by atoms with E-state index in [1.54, 1.807) is 37.3 Å². The molecule has 0 aliphatic rings. The van der Waals surface area contributed by atoms with Crippen molar-refractivity contribution in [2.24, 2.45) is 0 Å². The lowest BCUT2D eigenvalue weighted by Gasteiger charge is -2.05. The van der Waals surface area contributed by atoms with Crippen molar-refractivity contribution in [3.05, 3.63) is 35.4 Å². The minimum Gasteiger partial charge on any atom is -0.426 e. The fourth-order valence-corrected chi connectivity index (χ4v) is 1.19. The highest BCUT2D eigenvalue weighted by Gasteiger charge is 2.05. The second kappa shape index (κ2) is 5.47. The summed E-state index contributed by atoms with van der Waals surface area (Å²) >= 11 is 5.32. The molecule has 0 amide bonds. The lowest BCUT2D eigenvalue weighted by Crippen LogP contribution is -2.02. The molecule has 0 spiro atoms. The molecule has 0 radical (unpaired) electrons. The lowest BCUT2D eigenvalue weighted by molar-refractivity contribution is -0.131. The molecule has 0 fully saturated rings. The summed E-state index contributed by atoms with van der Waals surface area (Å²) in [6.45, 7) is 2.92. The van der Waals surface area contributed by atoms with E-state index in [4.69, 9.17) is 16.3 Å². The van der Waals surface area contributed by atoms with Crippen LogP contribution in [0.5, 0.6) is 5.75 Å². The van der Waals surface area contributed by atoms with Crippen molar-refractivity contribution in [3.63, 3.8) is 0 Å². The van der Waals surface area contributed by atoms with Gasteiger partial charge in [0.05, 0.1) is 0 Å². The zero-order valence-corrected chi connectivity index (χ0v) is 9.75. The number of ether oxygens (including phenoxy) is 1. The summed E-state index contributed by atoms with van der Waals surface area (Å²) in [7, 11) is 0. The molecule has 3 nitrogen and oxygen atoms in total. The van der Waals surface area contributed by atoms with E-state index in [0.29, 0.717) is 16.9 Å². The van der Waals surface area contributed by atoms with E-state index in [0.717, 1.165) is 0 Å². The molecule has 0 N–H and O–H groups in total. The van der Waals surface area contributed by atoms with Gasteiger partial charge in [-0.3, -0.25) is 9.59 Å². The molecule has 0 heterocycles. The third-order valence-electron chi connectivity index (χ3n) is 1.85. The fraction of sp³-hybridized carbons (Fsp3) is 0.167. The fourth-order valence-electron chi connectivity index (χ4n) is 1.14. The van der Waals surface area contributed by atoms with Gasteiger partial charge in [-0.15, -0.1) is 0 Å². The Labute approximate surface area is 98.7 Å². The van der Waals surface area contributed by atoms with E-state index < -0.39 is 11.2 Å². The number of carbonyl (C=O) groups excluding carboxylic acids is 2. The molecule has 0 aliphatic heterocycles. The van der Waals surface area contributed by atoms with Crippen LogP contribution in [0.3, 0.4) is 0 Å². The normalized spacial score (nSPS) is 11.1. The van der Waals surface area contributed by atoms with Crippen molar-refractivity contribution >= 4 is 28.9 Å². The van der Waals surface area contributed by atoms with Gasteiger partial charge in [-0.1, -0.05) is 18.2 Å². The molecule has 1 aromatic rings. The maximum Gasteiger partial charge on any atom is 0.308 e. The number of carbonyl (C=O) groups is 2. The molecule has 1 aromatic carbocycles. The van der Waals surface area contributed by atoms with Crippen molar-refractivity contribution in [2.45, 2.75) is 13.8 Å². The van der Waals surface area contributed by atoms with Crippen LogP contribution in [0.15, 0.2) is 29.8 Å². The molecular formula is C12H11ClO3. The number of benzene rings is 1. The molecule has 1 rings (SSSR count). The predicted octanol–water partition coefficient (Wildman–Crippen LogP) is 2.78. The largest absolute Gasteiger partial charge is 0.426 e.